The molecule has 1 aromatic carbocycles. The molecule has 2 unspecified atom stereocenters. The van der Waals surface area contributed by atoms with Gasteiger partial charge in [-0.2, -0.15) is 13.2 Å². The second-order valence-corrected chi connectivity index (χ2v) is 8.79. The van der Waals surface area contributed by atoms with Crippen molar-refractivity contribution in [2.24, 2.45) is 0 Å². The van der Waals surface area contributed by atoms with Crippen molar-refractivity contribution < 1.29 is 37.3 Å². The summed E-state index contributed by atoms with van der Waals surface area (Å²) in [6, 6.07) is 6.55. The Labute approximate surface area is 189 Å². The number of ether oxygens (including phenoxy) is 2. The van der Waals surface area contributed by atoms with E-state index >= 15 is 0 Å². The predicted molar refractivity (Wildman–Crippen MR) is 112 cm³/mol. The third-order valence-corrected chi connectivity index (χ3v) is 4.77. The molecule has 180 valence electrons. The van der Waals surface area contributed by atoms with Gasteiger partial charge < -0.3 is 19.9 Å². The molecule has 0 aliphatic rings. The standard InChI is InChI=1S/C22H26F3N3O5/c1-19(2,3)33-18(31)28-20(4,12-32-21(5,17(29)30)22(23,24)25)16-8-6-7-14(9-16)15-10-26-13-27-11-15/h6-11,13H,12H2,1-5H3,(H,28,31)(H,29,30). The van der Waals surface area contributed by atoms with E-state index in [0.717, 1.165) is 0 Å². The Bertz CT molecular complexity index is 995. The molecule has 2 atom stereocenters. The van der Waals surface area contributed by atoms with E-state index in [1.165, 1.54) is 13.3 Å². The summed E-state index contributed by atoms with van der Waals surface area (Å²) in [5.74, 6) is -2.20. The van der Waals surface area contributed by atoms with E-state index in [9.17, 15) is 27.9 Å². The maximum atomic E-state index is 13.5. The van der Waals surface area contributed by atoms with Gasteiger partial charge in [-0.1, -0.05) is 18.2 Å². The van der Waals surface area contributed by atoms with Gasteiger partial charge in [0, 0.05) is 18.0 Å². The Kier molecular flexibility index (Phi) is 7.37. The van der Waals surface area contributed by atoms with Crippen LogP contribution in [0.5, 0.6) is 0 Å². The minimum atomic E-state index is -5.20. The fraction of sp³-hybridized carbons (Fsp3) is 0.455. The average Bonchev–Trinajstić information content (AvgIpc) is 2.70. The number of carbonyl (C=O) groups is 2. The number of hydrogen-bond donors (Lipinski definition) is 2. The van der Waals surface area contributed by atoms with E-state index in [0.29, 0.717) is 23.6 Å². The Balaban J connectivity index is 2.47. The number of nitrogens with zero attached hydrogens (tertiary/aromatic N) is 2. The third kappa shape index (κ3) is 6.41. The van der Waals surface area contributed by atoms with Crippen LogP contribution in [-0.4, -0.2) is 51.1 Å². The Morgan fingerprint density at radius 1 is 1.03 bits per heavy atom. The van der Waals surface area contributed by atoms with E-state index < -0.39 is 41.6 Å². The average molecular weight is 469 g/mol. The van der Waals surface area contributed by atoms with Crippen LogP contribution in [0.2, 0.25) is 0 Å². The number of alkyl carbamates (subject to hydrolysis) is 1. The van der Waals surface area contributed by atoms with Gasteiger partial charge in [0.2, 0.25) is 0 Å². The normalized spacial score (nSPS) is 15.8. The van der Waals surface area contributed by atoms with Crippen molar-refractivity contribution in [2.45, 2.75) is 57.5 Å². The van der Waals surface area contributed by atoms with Crippen LogP contribution in [-0.2, 0) is 19.8 Å². The number of halogens is 3. The van der Waals surface area contributed by atoms with Crippen molar-refractivity contribution in [1.29, 1.82) is 0 Å². The molecule has 0 spiro atoms. The number of aromatic nitrogens is 2. The summed E-state index contributed by atoms with van der Waals surface area (Å²) in [5, 5.41) is 11.7. The molecule has 11 heteroatoms. The van der Waals surface area contributed by atoms with Gasteiger partial charge in [-0.15, -0.1) is 0 Å². The molecule has 33 heavy (non-hydrogen) atoms. The third-order valence-electron chi connectivity index (χ3n) is 4.77. The lowest BCUT2D eigenvalue weighted by atomic mass is 9.90. The SMILES string of the molecule is CC(C)(C)OC(=O)NC(C)(COC(C)(C(=O)O)C(F)(F)F)c1cccc(-c2cncnc2)c1. The first-order chi connectivity index (χ1) is 15.1. The lowest BCUT2D eigenvalue weighted by Crippen LogP contribution is -2.56. The topological polar surface area (TPSA) is 111 Å². The lowest BCUT2D eigenvalue weighted by Gasteiger charge is -2.36. The van der Waals surface area contributed by atoms with Crippen LogP contribution in [0.15, 0.2) is 43.0 Å². The number of amides is 1. The quantitative estimate of drug-likeness (QED) is 0.622. The molecule has 0 aliphatic heterocycles. The summed E-state index contributed by atoms with van der Waals surface area (Å²) in [7, 11) is 0. The monoisotopic (exact) mass is 469 g/mol. The zero-order chi connectivity index (χ0) is 25.1. The number of nitrogens with one attached hydrogen (secondary N) is 1. The van der Waals surface area contributed by atoms with Gasteiger partial charge in [0.1, 0.15) is 11.9 Å². The molecule has 1 aromatic heterocycles. The smallest absolute Gasteiger partial charge is 0.428 e. The molecular formula is C22H26F3N3O5. The molecule has 0 saturated carbocycles. The van der Waals surface area contributed by atoms with E-state index in [4.69, 9.17) is 9.47 Å². The largest absolute Gasteiger partial charge is 0.479 e. The molecule has 0 saturated heterocycles. The molecule has 1 heterocycles. The summed E-state index contributed by atoms with van der Waals surface area (Å²) in [6.45, 7) is 5.89. The van der Waals surface area contributed by atoms with Crippen LogP contribution in [0.4, 0.5) is 18.0 Å². The van der Waals surface area contributed by atoms with Crippen LogP contribution in [0.3, 0.4) is 0 Å². The van der Waals surface area contributed by atoms with Gasteiger partial charge in [-0.25, -0.2) is 19.6 Å². The highest BCUT2D eigenvalue weighted by Crippen LogP contribution is 2.36. The van der Waals surface area contributed by atoms with Crippen LogP contribution in [0, 0.1) is 0 Å². The van der Waals surface area contributed by atoms with Gasteiger partial charge in [0.25, 0.3) is 5.60 Å². The predicted octanol–water partition coefficient (Wildman–Crippen LogP) is 4.31. The van der Waals surface area contributed by atoms with E-state index in [-0.39, 0.29) is 0 Å². The van der Waals surface area contributed by atoms with Crippen molar-refractivity contribution >= 4 is 12.1 Å². The number of carbonyl (C=O) groups excluding carboxylic acids is 1. The van der Waals surface area contributed by atoms with Crippen molar-refractivity contribution in [2.75, 3.05) is 6.61 Å². The van der Waals surface area contributed by atoms with E-state index in [1.807, 2.05) is 0 Å². The first-order valence-electron chi connectivity index (χ1n) is 9.88. The van der Waals surface area contributed by atoms with Gasteiger partial charge >= 0.3 is 18.2 Å². The number of benzene rings is 1. The first kappa shape index (κ1) is 26.0. The molecule has 0 radical (unpaired) electrons. The maximum Gasteiger partial charge on any atom is 0.428 e. The second kappa shape index (κ2) is 9.34. The highest BCUT2D eigenvalue weighted by Gasteiger charge is 2.59. The summed E-state index contributed by atoms with van der Waals surface area (Å²) in [6.07, 6.45) is -1.67. The Hall–Kier alpha value is -3.21. The highest BCUT2D eigenvalue weighted by atomic mass is 19.4. The zero-order valence-corrected chi connectivity index (χ0v) is 18.9. The van der Waals surface area contributed by atoms with E-state index in [2.05, 4.69) is 15.3 Å². The van der Waals surface area contributed by atoms with Crippen molar-refractivity contribution in [3.63, 3.8) is 0 Å². The number of carboxylic acids is 1. The van der Waals surface area contributed by atoms with Gasteiger partial charge in [-0.05, 0) is 51.8 Å². The molecule has 2 aromatic rings. The summed E-state index contributed by atoms with van der Waals surface area (Å²) in [4.78, 5) is 31.8. The summed E-state index contributed by atoms with van der Waals surface area (Å²) >= 11 is 0. The van der Waals surface area contributed by atoms with Crippen LogP contribution in [0.1, 0.15) is 40.2 Å². The first-order valence-corrected chi connectivity index (χ1v) is 9.88. The molecule has 0 fully saturated rings. The number of carboxylic acid groups (broad SMARTS) is 1. The number of rotatable bonds is 7. The fourth-order valence-corrected chi connectivity index (χ4v) is 2.76. The molecular weight excluding hydrogens is 443 g/mol. The molecule has 1 amide bonds. The van der Waals surface area contributed by atoms with Gasteiger partial charge in [0.05, 0.1) is 12.1 Å². The molecule has 8 nitrogen and oxygen atoms in total. The number of aliphatic carboxylic acids is 1. The molecule has 0 aliphatic carbocycles. The highest BCUT2D eigenvalue weighted by molar-refractivity contribution is 5.78. The van der Waals surface area contributed by atoms with Crippen LogP contribution in [0.25, 0.3) is 11.1 Å². The Morgan fingerprint density at radius 3 is 2.15 bits per heavy atom. The number of hydrogen-bond acceptors (Lipinski definition) is 6. The summed E-state index contributed by atoms with van der Waals surface area (Å²) < 4.78 is 50.6. The van der Waals surface area contributed by atoms with Crippen LogP contribution >= 0.6 is 0 Å². The molecule has 0 bridgehead atoms. The number of alkyl halides is 3. The van der Waals surface area contributed by atoms with Gasteiger partial charge in [-0.3, -0.25) is 0 Å². The second-order valence-electron chi connectivity index (χ2n) is 8.79. The lowest BCUT2D eigenvalue weighted by molar-refractivity contribution is -0.272. The Morgan fingerprint density at radius 2 is 1.64 bits per heavy atom. The minimum absolute atomic E-state index is 0.352. The zero-order valence-electron chi connectivity index (χ0n) is 18.9. The summed E-state index contributed by atoms with van der Waals surface area (Å²) in [5.41, 5.74) is -4.35. The maximum absolute atomic E-state index is 13.5. The molecule has 2 rings (SSSR count). The fourth-order valence-electron chi connectivity index (χ4n) is 2.76. The van der Waals surface area contributed by atoms with Crippen molar-refractivity contribution in [3.05, 3.63) is 48.5 Å². The van der Waals surface area contributed by atoms with Crippen molar-refractivity contribution in [1.82, 2.24) is 15.3 Å². The van der Waals surface area contributed by atoms with E-state index in [1.54, 1.807) is 57.4 Å². The minimum Gasteiger partial charge on any atom is -0.479 e. The van der Waals surface area contributed by atoms with Gasteiger partial charge in [0.15, 0.2) is 0 Å². The molecule has 2 N–H and O–H groups in total. The van der Waals surface area contributed by atoms with Crippen LogP contribution < -0.4 is 5.32 Å². The van der Waals surface area contributed by atoms with Crippen molar-refractivity contribution in [3.8, 4) is 11.1 Å².